The summed E-state index contributed by atoms with van der Waals surface area (Å²) >= 11 is 3.42. The van der Waals surface area contributed by atoms with E-state index in [4.69, 9.17) is 15.6 Å². The summed E-state index contributed by atoms with van der Waals surface area (Å²) in [4.78, 5) is 0. The molecule has 1 aromatic carbocycles. The number of methoxy groups -OCH3 is 1. The van der Waals surface area contributed by atoms with E-state index < -0.39 is 0 Å². The first-order valence-corrected chi connectivity index (χ1v) is 5.15. The molecule has 86 valence electrons. The van der Waals surface area contributed by atoms with Crippen molar-refractivity contribution in [2.24, 2.45) is 5.73 Å². The minimum absolute atomic E-state index is 0. The molecule has 0 aliphatic rings. The van der Waals surface area contributed by atoms with Crippen LogP contribution in [0.4, 0.5) is 0 Å². The van der Waals surface area contributed by atoms with Crippen LogP contribution in [0.25, 0.3) is 0 Å². The van der Waals surface area contributed by atoms with Gasteiger partial charge in [-0.15, -0.1) is 12.4 Å². The fourth-order valence-corrected chi connectivity index (χ4v) is 1.59. The van der Waals surface area contributed by atoms with Crippen molar-refractivity contribution in [3.05, 3.63) is 28.2 Å². The number of halogens is 2. The molecule has 3 nitrogen and oxygen atoms in total. The van der Waals surface area contributed by atoms with Crippen LogP contribution in [0, 0.1) is 0 Å². The third-order valence-corrected chi connectivity index (χ3v) is 2.74. The van der Waals surface area contributed by atoms with Crippen LogP contribution < -0.4 is 10.5 Å². The van der Waals surface area contributed by atoms with Crippen LogP contribution in [-0.4, -0.2) is 24.9 Å². The molecule has 5 heteroatoms. The maximum atomic E-state index is 8.84. The Kier molecular flexibility index (Phi) is 6.92. The van der Waals surface area contributed by atoms with E-state index >= 15 is 0 Å². The van der Waals surface area contributed by atoms with Crippen LogP contribution in [0.1, 0.15) is 5.56 Å². The van der Waals surface area contributed by atoms with Gasteiger partial charge >= 0.3 is 0 Å². The van der Waals surface area contributed by atoms with Crippen molar-refractivity contribution in [1.82, 2.24) is 0 Å². The number of hydrogen-bond acceptors (Lipinski definition) is 3. The van der Waals surface area contributed by atoms with Crippen molar-refractivity contribution in [3.63, 3.8) is 0 Å². The standard InChI is InChI=1S/C10H14BrNO2.ClH/c1-14-9-2-3-10(11)7(5-9)4-8(12)6-13;/h2-3,5,8,13H,4,6,12H2,1H3;1H. The average Bonchev–Trinajstić information content (AvgIpc) is 2.21. The van der Waals surface area contributed by atoms with Gasteiger partial charge in [-0.2, -0.15) is 0 Å². The van der Waals surface area contributed by atoms with Crippen molar-refractivity contribution in [2.75, 3.05) is 13.7 Å². The summed E-state index contributed by atoms with van der Waals surface area (Å²) in [6.45, 7) is -0.0103. The van der Waals surface area contributed by atoms with Crippen molar-refractivity contribution in [3.8, 4) is 5.75 Å². The molecule has 3 N–H and O–H groups in total. The van der Waals surface area contributed by atoms with E-state index in [1.54, 1.807) is 7.11 Å². The lowest BCUT2D eigenvalue weighted by Gasteiger charge is -2.11. The summed E-state index contributed by atoms with van der Waals surface area (Å²) in [5.74, 6) is 0.799. The Morgan fingerprint density at radius 3 is 2.73 bits per heavy atom. The smallest absolute Gasteiger partial charge is 0.119 e. The van der Waals surface area contributed by atoms with Gasteiger partial charge in [-0.25, -0.2) is 0 Å². The lowest BCUT2D eigenvalue weighted by molar-refractivity contribution is 0.265. The predicted octanol–water partition coefficient (Wildman–Crippen LogP) is 1.74. The van der Waals surface area contributed by atoms with Gasteiger partial charge in [0.1, 0.15) is 5.75 Å². The summed E-state index contributed by atoms with van der Waals surface area (Å²) < 4.78 is 6.09. The second-order valence-corrected chi connectivity index (χ2v) is 3.96. The van der Waals surface area contributed by atoms with Gasteiger partial charge in [0.2, 0.25) is 0 Å². The summed E-state index contributed by atoms with van der Waals surface area (Å²) in [6, 6.07) is 5.48. The molecule has 0 bridgehead atoms. The highest BCUT2D eigenvalue weighted by Gasteiger charge is 2.07. The van der Waals surface area contributed by atoms with Gasteiger partial charge in [0, 0.05) is 10.5 Å². The Balaban J connectivity index is 0.00000196. The van der Waals surface area contributed by atoms with E-state index in [-0.39, 0.29) is 25.1 Å². The lowest BCUT2D eigenvalue weighted by Crippen LogP contribution is -2.26. The SMILES string of the molecule is COc1ccc(Br)c(CC(N)CO)c1.Cl. The molecule has 0 fully saturated rings. The molecule has 0 radical (unpaired) electrons. The van der Waals surface area contributed by atoms with Gasteiger partial charge in [0.05, 0.1) is 13.7 Å². The number of rotatable bonds is 4. The van der Waals surface area contributed by atoms with E-state index in [9.17, 15) is 0 Å². The zero-order valence-corrected chi connectivity index (χ0v) is 10.8. The second-order valence-electron chi connectivity index (χ2n) is 3.10. The molecule has 1 rings (SSSR count). The van der Waals surface area contributed by atoms with E-state index in [1.807, 2.05) is 18.2 Å². The number of nitrogens with two attached hydrogens (primary N) is 1. The van der Waals surface area contributed by atoms with Crippen molar-refractivity contribution in [1.29, 1.82) is 0 Å². The minimum atomic E-state index is -0.224. The maximum absolute atomic E-state index is 8.84. The molecule has 1 aromatic rings. The van der Waals surface area contributed by atoms with E-state index in [0.717, 1.165) is 15.8 Å². The molecule has 1 unspecified atom stereocenters. The summed E-state index contributed by atoms with van der Waals surface area (Å²) in [6.07, 6.45) is 0.633. The molecule has 1 atom stereocenters. The number of benzene rings is 1. The zero-order chi connectivity index (χ0) is 10.6. The summed E-state index contributed by atoms with van der Waals surface area (Å²) in [7, 11) is 1.62. The monoisotopic (exact) mass is 295 g/mol. The van der Waals surface area contributed by atoms with Gasteiger partial charge in [0.25, 0.3) is 0 Å². The normalized spacial score (nSPS) is 11.7. The van der Waals surface area contributed by atoms with Gasteiger partial charge in [-0.05, 0) is 30.2 Å². The molecule has 0 spiro atoms. The summed E-state index contributed by atoms with van der Waals surface area (Å²) in [5, 5.41) is 8.84. The number of aliphatic hydroxyl groups is 1. The Hall–Kier alpha value is -0.290. The molecule has 0 aliphatic heterocycles. The Labute approximate surface area is 104 Å². The van der Waals surface area contributed by atoms with Crippen molar-refractivity contribution < 1.29 is 9.84 Å². The summed E-state index contributed by atoms with van der Waals surface area (Å²) in [5.41, 5.74) is 6.70. The first kappa shape index (κ1) is 14.7. The highest BCUT2D eigenvalue weighted by Crippen LogP contribution is 2.23. The molecule has 0 aromatic heterocycles. The molecule has 0 saturated carbocycles. The quantitative estimate of drug-likeness (QED) is 0.890. The highest BCUT2D eigenvalue weighted by molar-refractivity contribution is 9.10. The molecular weight excluding hydrogens is 281 g/mol. The fourth-order valence-electron chi connectivity index (χ4n) is 1.18. The highest BCUT2D eigenvalue weighted by atomic mass is 79.9. The minimum Gasteiger partial charge on any atom is -0.497 e. The topological polar surface area (TPSA) is 55.5 Å². The third-order valence-electron chi connectivity index (χ3n) is 1.97. The van der Waals surface area contributed by atoms with Crippen molar-refractivity contribution >= 4 is 28.3 Å². The van der Waals surface area contributed by atoms with E-state index in [0.29, 0.717) is 6.42 Å². The molecule has 0 saturated heterocycles. The van der Waals surface area contributed by atoms with Gasteiger partial charge in [0.15, 0.2) is 0 Å². The van der Waals surface area contributed by atoms with Gasteiger partial charge < -0.3 is 15.6 Å². The maximum Gasteiger partial charge on any atom is 0.119 e. The van der Waals surface area contributed by atoms with E-state index in [2.05, 4.69) is 15.9 Å². The molecule has 15 heavy (non-hydrogen) atoms. The van der Waals surface area contributed by atoms with Crippen LogP contribution in [0.2, 0.25) is 0 Å². The van der Waals surface area contributed by atoms with Gasteiger partial charge in [-0.1, -0.05) is 15.9 Å². The van der Waals surface area contributed by atoms with Crippen LogP contribution in [0.5, 0.6) is 5.75 Å². The van der Waals surface area contributed by atoms with Crippen LogP contribution in [0.15, 0.2) is 22.7 Å². The number of ether oxygens (including phenoxy) is 1. The Morgan fingerprint density at radius 1 is 1.53 bits per heavy atom. The van der Waals surface area contributed by atoms with Crippen LogP contribution in [-0.2, 0) is 6.42 Å². The van der Waals surface area contributed by atoms with Crippen LogP contribution in [0.3, 0.4) is 0 Å². The largest absolute Gasteiger partial charge is 0.497 e. The number of aliphatic hydroxyl groups excluding tert-OH is 1. The van der Waals surface area contributed by atoms with Gasteiger partial charge in [-0.3, -0.25) is 0 Å². The Bertz CT molecular complexity index is 309. The average molecular weight is 297 g/mol. The molecule has 0 aliphatic carbocycles. The van der Waals surface area contributed by atoms with Crippen LogP contribution >= 0.6 is 28.3 Å². The fraction of sp³-hybridized carbons (Fsp3) is 0.400. The molecule has 0 amide bonds. The first-order valence-electron chi connectivity index (χ1n) is 4.36. The molecule has 0 heterocycles. The third kappa shape index (κ3) is 4.38. The second kappa shape index (κ2) is 7.06. The lowest BCUT2D eigenvalue weighted by atomic mass is 10.1. The Morgan fingerprint density at radius 2 is 2.20 bits per heavy atom. The number of hydrogen-bond donors (Lipinski definition) is 2. The zero-order valence-electron chi connectivity index (χ0n) is 8.44. The van der Waals surface area contributed by atoms with Crippen molar-refractivity contribution in [2.45, 2.75) is 12.5 Å². The first-order chi connectivity index (χ1) is 6.67. The molecular formula is C10H15BrClNO2. The predicted molar refractivity (Wildman–Crippen MR) is 66.7 cm³/mol. The van der Waals surface area contributed by atoms with E-state index in [1.165, 1.54) is 0 Å².